The summed E-state index contributed by atoms with van der Waals surface area (Å²) in [6, 6.07) is 11.2. The third-order valence-electron chi connectivity index (χ3n) is 2.78. The van der Waals surface area contributed by atoms with Crippen molar-refractivity contribution in [3.8, 4) is 0 Å². The van der Waals surface area contributed by atoms with Gasteiger partial charge in [0.25, 0.3) is 5.91 Å². The zero-order chi connectivity index (χ0) is 14.2. The highest BCUT2D eigenvalue weighted by Crippen LogP contribution is 2.13. The Morgan fingerprint density at radius 1 is 1.15 bits per heavy atom. The average molecular weight is 290 g/mol. The predicted octanol–water partition coefficient (Wildman–Crippen LogP) is 2.25. The van der Waals surface area contributed by atoms with Crippen LogP contribution in [0, 0.1) is 0 Å². The summed E-state index contributed by atoms with van der Waals surface area (Å²) in [5.74, 6) is -0.113. The van der Waals surface area contributed by atoms with E-state index in [2.05, 4.69) is 15.6 Å². The Kier molecular flexibility index (Phi) is 5.53. The maximum atomic E-state index is 11.7. The van der Waals surface area contributed by atoms with Crippen molar-refractivity contribution in [3.63, 3.8) is 0 Å². The van der Waals surface area contributed by atoms with Crippen LogP contribution in [0.4, 0.5) is 0 Å². The fourth-order valence-corrected chi connectivity index (χ4v) is 1.93. The second kappa shape index (κ2) is 7.62. The molecular formula is C15H16ClN3O. The smallest absolute Gasteiger partial charge is 0.252 e. The van der Waals surface area contributed by atoms with Gasteiger partial charge >= 0.3 is 0 Å². The zero-order valence-corrected chi connectivity index (χ0v) is 11.7. The Morgan fingerprint density at radius 3 is 2.75 bits per heavy atom. The van der Waals surface area contributed by atoms with Gasteiger partial charge in [-0.1, -0.05) is 29.8 Å². The maximum Gasteiger partial charge on any atom is 0.252 e. The van der Waals surface area contributed by atoms with Crippen LogP contribution in [0.25, 0.3) is 0 Å². The molecule has 0 bridgehead atoms. The Hall–Kier alpha value is -1.91. The van der Waals surface area contributed by atoms with Crippen LogP contribution in [0.2, 0.25) is 5.02 Å². The van der Waals surface area contributed by atoms with Crippen LogP contribution in [0.1, 0.15) is 15.9 Å². The standard InChI is InChI=1S/C15H16ClN3O/c16-14-6-2-1-4-12(14)10-18-8-9-19-15(20)13-5-3-7-17-11-13/h1-7,11,18H,8-10H2,(H,19,20). The monoisotopic (exact) mass is 289 g/mol. The summed E-state index contributed by atoms with van der Waals surface area (Å²) in [5.41, 5.74) is 1.62. The van der Waals surface area contributed by atoms with Gasteiger partial charge in [0.2, 0.25) is 0 Å². The van der Waals surface area contributed by atoms with Crippen molar-refractivity contribution in [1.29, 1.82) is 0 Å². The number of halogens is 1. The second-order valence-electron chi connectivity index (χ2n) is 4.27. The highest BCUT2D eigenvalue weighted by molar-refractivity contribution is 6.31. The van der Waals surface area contributed by atoms with Gasteiger partial charge in [-0.05, 0) is 23.8 Å². The normalized spacial score (nSPS) is 10.2. The first-order chi connectivity index (χ1) is 9.77. The van der Waals surface area contributed by atoms with E-state index >= 15 is 0 Å². The van der Waals surface area contributed by atoms with Crippen molar-refractivity contribution >= 4 is 17.5 Å². The summed E-state index contributed by atoms with van der Waals surface area (Å²) < 4.78 is 0. The number of carbonyl (C=O) groups excluding carboxylic acids is 1. The molecule has 0 atom stereocenters. The Bertz CT molecular complexity index is 560. The van der Waals surface area contributed by atoms with Crippen molar-refractivity contribution < 1.29 is 4.79 Å². The van der Waals surface area contributed by atoms with Crippen molar-refractivity contribution in [2.75, 3.05) is 13.1 Å². The number of rotatable bonds is 6. The molecule has 1 heterocycles. The van der Waals surface area contributed by atoms with Crippen LogP contribution in [0.15, 0.2) is 48.8 Å². The molecular weight excluding hydrogens is 274 g/mol. The number of nitrogens with one attached hydrogen (secondary N) is 2. The lowest BCUT2D eigenvalue weighted by atomic mass is 10.2. The van der Waals surface area contributed by atoms with Crippen LogP contribution in [0.3, 0.4) is 0 Å². The van der Waals surface area contributed by atoms with Gasteiger partial charge in [-0.25, -0.2) is 0 Å². The van der Waals surface area contributed by atoms with E-state index in [9.17, 15) is 4.79 Å². The minimum atomic E-state index is -0.113. The summed E-state index contributed by atoms with van der Waals surface area (Å²) in [5, 5.41) is 6.81. The summed E-state index contributed by atoms with van der Waals surface area (Å²) in [6.45, 7) is 1.91. The van der Waals surface area contributed by atoms with Crippen LogP contribution in [-0.4, -0.2) is 24.0 Å². The Balaban J connectivity index is 1.67. The third kappa shape index (κ3) is 4.33. The van der Waals surface area contributed by atoms with Crippen LogP contribution in [-0.2, 0) is 6.54 Å². The van der Waals surface area contributed by atoms with Crippen molar-refractivity contribution in [1.82, 2.24) is 15.6 Å². The van der Waals surface area contributed by atoms with Gasteiger partial charge in [0.05, 0.1) is 5.56 Å². The van der Waals surface area contributed by atoms with Crippen molar-refractivity contribution in [3.05, 3.63) is 64.9 Å². The molecule has 0 saturated heterocycles. The van der Waals surface area contributed by atoms with Crippen LogP contribution < -0.4 is 10.6 Å². The van der Waals surface area contributed by atoms with Gasteiger partial charge in [0.1, 0.15) is 0 Å². The molecule has 5 heteroatoms. The molecule has 20 heavy (non-hydrogen) atoms. The van der Waals surface area contributed by atoms with Crippen LogP contribution in [0.5, 0.6) is 0 Å². The van der Waals surface area contributed by atoms with E-state index in [0.29, 0.717) is 25.2 Å². The number of pyridine rings is 1. The largest absolute Gasteiger partial charge is 0.351 e. The van der Waals surface area contributed by atoms with Gasteiger partial charge in [-0.2, -0.15) is 0 Å². The van der Waals surface area contributed by atoms with E-state index < -0.39 is 0 Å². The summed E-state index contributed by atoms with van der Waals surface area (Å²) in [4.78, 5) is 15.6. The zero-order valence-electron chi connectivity index (χ0n) is 11.0. The third-order valence-corrected chi connectivity index (χ3v) is 3.15. The molecule has 1 aromatic carbocycles. The average Bonchev–Trinajstić information content (AvgIpc) is 2.49. The fourth-order valence-electron chi connectivity index (χ4n) is 1.73. The van der Waals surface area contributed by atoms with Gasteiger partial charge < -0.3 is 10.6 Å². The molecule has 0 aliphatic rings. The van der Waals surface area contributed by atoms with Crippen molar-refractivity contribution in [2.45, 2.75) is 6.54 Å². The van der Waals surface area contributed by atoms with E-state index in [1.165, 1.54) is 0 Å². The molecule has 4 nitrogen and oxygen atoms in total. The van der Waals surface area contributed by atoms with Gasteiger partial charge in [-0.3, -0.25) is 9.78 Å². The number of carbonyl (C=O) groups is 1. The quantitative estimate of drug-likeness (QED) is 0.802. The van der Waals surface area contributed by atoms with Gasteiger partial charge in [0.15, 0.2) is 0 Å². The molecule has 1 amide bonds. The summed E-state index contributed by atoms with van der Waals surface area (Å²) >= 11 is 6.05. The van der Waals surface area contributed by atoms with E-state index in [1.54, 1.807) is 24.5 Å². The number of hydrogen-bond acceptors (Lipinski definition) is 3. The first-order valence-electron chi connectivity index (χ1n) is 6.40. The lowest BCUT2D eigenvalue weighted by Gasteiger charge is -2.08. The SMILES string of the molecule is O=C(NCCNCc1ccccc1Cl)c1cccnc1. The van der Waals surface area contributed by atoms with E-state index in [1.807, 2.05) is 24.3 Å². The number of hydrogen-bond donors (Lipinski definition) is 2. The molecule has 0 aliphatic carbocycles. The Morgan fingerprint density at radius 2 is 2.00 bits per heavy atom. The predicted molar refractivity (Wildman–Crippen MR) is 79.7 cm³/mol. The molecule has 0 aliphatic heterocycles. The minimum absolute atomic E-state index is 0.113. The first kappa shape index (κ1) is 14.5. The molecule has 2 N–H and O–H groups in total. The lowest BCUT2D eigenvalue weighted by Crippen LogP contribution is -2.31. The minimum Gasteiger partial charge on any atom is -0.351 e. The first-order valence-corrected chi connectivity index (χ1v) is 6.77. The highest BCUT2D eigenvalue weighted by atomic mass is 35.5. The fraction of sp³-hybridized carbons (Fsp3) is 0.200. The van der Waals surface area contributed by atoms with Gasteiger partial charge in [0, 0.05) is 37.1 Å². The number of aromatic nitrogens is 1. The summed E-state index contributed by atoms with van der Waals surface area (Å²) in [7, 11) is 0. The molecule has 0 radical (unpaired) electrons. The molecule has 2 rings (SSSR count). The lowest BCUT2D eigenvalue weighted by molar-refractivity contribution is 0.0953. The maximum absolute atomic E-state index is 11.7. The molecule has 0 saturated carbocycles. The summed E-state index contributed by atoms with van der Waals surface area (Å²) in [6.07, 6.45) is 3.19. The van der Waals surface area contributed by atoms with Crippen LogP contribution >= 0.6 is 11.6 Å². The molecule has 104 valence electrons. The Labute approximate surface area is 123 Å². The van der Waals surface area contributed by atoms with E-state index in [0.717, 1.165) is 10.6 Å². The second-order valence-corrected chi connectivity index (χ2v) is 4.67. The topological polar surface area (TPSA) is 54.0 Å². The molecule has 0 spiro atoms. The number of nitrogens with zero attached hydrogens (tertiary/aromatic N) is 1. The van der Waals surface area contributed by atoms with Gasteiger partial charge in [-0.15, -0.1) is 0 Å². The van der Waals surface area contributed by atoms with E-state index in [4.69, 9.17) is 11.6 Å². The molecule has 0 fully saturated rings. The molecule has 1 aromatic heterocycles. The van der Waals surface area contributed by atoms with Crippen molar-refractivity contribution in [2.24, 2.45) is 0 Å². The molecule has 0 unspecified atom stereocenters. The molecule has 2 aromatic rings. The van der Waals surface area contributed by atoms with E-state index in [-0.39, 0.29) is 5.91 Å². The number of benzene rings is 1. The number of amides is 1. The highest BCUT2D eigenvalue weighted by Gasteiger charge is 2.03.